The maximum Gasteiger partial charge on any atom is 0.349 e. The van der Waals surface area contributed by atoms with Crippen LogP contribution < -0.4 is 20.2 Å². The molecule has 30 heavy (non-hydrogen) atoms. The second kappa shape index (κ2) is 7.42. The molecule has 3 aromatic rings. The Labute approximate surface area is 171 Å². The number of urea groups is 1. The minimum Gasteiger partial charge on any atom is -0.497 e. The molecule has 156 valence electrons. The SMILES string of the molecule is CCN1C(=O)N(Cc2ccc(OC)cc2)c2c(F)c(CO)cc3c2c1nc(=O)n3C. The highest BCUT2D eigenvalue weighted by atomic mass is 19.1. The summed E-state index contributed by atoms with van der Waals surface area (Å²) in [5.74, 6) is 0.0913. The van der Waals surface area contributed by atoms with Crippen molar-refractivity contribution in [2.45, 2.75) is 20.1 Å². The summed E-state index contributed by atoms with van der Waals surface area (Å²) in [6.07, 6.45) is 0. The van der Waals surface area contributed by atoms with Crippen LogP contribution in [0.4, 0.5) is 20.7 Å². The first kappa shape index (κ1) is 19.8. The van der Waals surface area contributed by atoms with Gasteiger partial charge in [0.05, 0.1) is 36.9 Å². The number of carbonyl (C=O) groups is 1. The highest BCUT2D eigenvalue weighted by Crippen LogP contribution is 2.41. The maximum absolute atomic E-state index is 15.4. The predicted octanol–water partition coefficient (Wildman–Crippen LogP) is 2.54. The van der Waals surface area contributed by atoms with Gasteiger partial charge in [-0.2, -0.15) is 4.98 Å². The molecule has 0 fully saturated rings. The second-order valence-corrected chi connectivity index (χ2v) is 6.99. The lowest BCUT2D eigenvalue weighted by atomic mass is 10.0. The Kier molecular flexibility index (Phi) is 4.90. The number of aryl methyl sites for hydroxylation is 1. The number of halogens is 1. The lowest BCUT2D eigenvalue weighted by molar-refractivity contribution is 0.250. The van der Waals surface area contributed by atoms with Crippen LogP contribution in [0.5, 0.6) is 5.75 Å². The van der Waals surface area contributed by atoms with Crippen molar-refractivity contribution < 1.29 is 19.0 Å². The molecule has 2 amide bonds. The predicted molar refractivity (Wildman–Crippen MR) is 110 cm³/mol. The fourth-order valence-electron chi connectivity index (χ4n) is 3.73. The number of methoxy groups -OCH3 is 1. The van der Waals surface area contributed by atoms with Gasteiger partial charge in [-0.15, -0.1) is 0 Å². The van der Waals surface area contributed by atoms with Gasteiger partial charge in [0.25, 0.3) is 0 Å². The van der Waals surface area contributed by atoms with Crippen LogP contribution in [-0.2, 0) is 20.2 Å². The van der Waals surface area contributed by atoms with Crippen LogP contribution in [-0.4, -0.2) is 34.3 Å². The number of amides is 2. The van der Waals surface area contributed by atoms with Crippen LogP contribution in [0.15, 0.2) is 35.1 Å². The van der Waals surface area contributed by atoms with Gasteiger partial charge in [0.1, 0.15) is 5.75 Å². The van der Waals surface area contributed by atoms with Crippen molar-refractivity contribution in [3.63, 3.8) is 0 Å². The van der Waals surface area contributed by atoms with Gasteiger partial charge in [0, 0.05) is 19.2 Å². The van der Waals surface area contributed by atoms with Gasteiger partial charge in [-0.3, -0.25) is 14.4 Å². The molecule has 1 aromatic heterocycles. The van der Waals surface area contributed by atoms with E-state index in [0.29, 0.717) is 16.7 Å². The molecule has 4 rings (SSSR count). The van der Waals surface area contributed by atoms with E-state index in [1.54, 1.807) is 38.3 Å². The first-order valence-electron chi connectivity index (χ1n) is 9.46. The van der Waals surface area contributed by atoms with E-state index in [9.17, 15) is 14.7 Å². The number of hydrogen-bond donors (Lipinski definition) is 1. The van der Waals surface area contributed by atoms with Gasteiger partial charge in [-0.25, -0.2) is 14.0 Å². The molecule has 0 unspecified atom stereocenters. The summed E-state index contributed by atoms with van der Waals surface area (Å²) in [4.78, 5) is 32.4. The van der Waals surface area contributed by atoms with Gasteiger partial charge in [0.15, 0.2) is 11.6 Å². The molecule has 0 atom stereocenters. The number of carbonyl (C=O) groups excluding carboxylic acids is 1. The number of hydrogen-bond acceptors (Lipinski definition) is 5. The number of aliphatic hydroxyl groups is 1. The molecule has 0 saturated heterocycles. The van der Waals surface area contributed by atoms with E-state index < -0.39 is 24.1 Å². The topological polar surface area (TPSA) is 87.9 Å². The van der Waals surface area contributed by atoms with E-state index in [2.05, 4.69) is 4.98 Å². The zero-order chi connectivity index (χ0) is 21.6. The Morgan fingerprint density at radius 2 is 1.87 bits per heavy atom. The molecule has 0 saturated carbocycles. The molecule has 2 aromatic carbocycles. The summed E-state index contributed by atoms with van der Waals surface area (Å²) < 4.78 is 21.9. The van der Waals surface area contributed by atoms with Crippen molar-refractivity contribution in [1.29, 1.82) is 0 Å². The zero-order valence-corrected chi connectivity index (χ0v) is 16.8. The standard InChI is InChI=1S/C21H21FN4O4/c1-4-25-19-16-15(24(2)20(28)23-19)9-13(11-27)17(22)18(16)26(21(25)29)10-12-5-7-14(30-3)8-6-12/h5-9,27H,4,10-11H2,1-3H3. The number of anilines is 2. The number of aliphatic hydroxyl groups excluding tert-OH is 1. The quantitative estimate of drug-likeness (QED) is 0.696. The zero-order valence-electron chi connectivity index (χ0n) is 16.8. The Bertz CT molecular complexity index is 1210. The van der Waals surface area contributed by atoms with E-state index in [1.807, 2.05) is 0 Å². The lowest BCUT2D eigenvalue weighted by Gasteiger charge is -2.36. The van der Waals surface area contributed by atoms with Crippen molar-refractivity contribution in [1.82, 2.24) is 9.55 Å². The molecule has 0 radical (unpaired) electrons. The van der Waals surface area contributed by atoms with Crippen LogP contribution >= 0.6 is 0 Å². The Morgan fingerprint density at radius 3 is 2.47 bits per heavy atom. The third kappa shape index (κ3) is 2.89. The maximum atomic E-state index is 15.4. The van der Waals surface area contributed by atoms with Crippen LogP contribution in [0.2, 0.25) is 0 Å². The van der Waals surface area contributed by atoms with Crippen molar-refractivity contribution in [2.75, 3.05) is 23.5 Å². The van der Waals surface area contributed by atoms with E-state index >= 15 is 4.39 Å². The van der Waals surface area contributed by atoms with Crippen molar-refractivity contribution in [3.8, 4) is 5.75 Å². The highest BCUT2D eigenvalue weighted by molar-refractivity contribution is 6.18. The van der Waals surface area contributed by atoms with E-state index in [-0.39, 0.29) is 30.2 Å². The third-order valence-electron chi connectivity index (χ3n) is 5.34. The number of nitrogens with zero attached hydrogens (tertiary/aromatic N) is 4. The monoisotopic (exact) mass is 412 g/mol. The molecule has 1 aliphatic heterocycles. The van der Waals surface area contributed by atoms with Crippen LogP contribution in [0.25, 0.3) is 10.9 Å². The number of benzene rings is 2. The first-order chi connectivity index (χ1) is 14.4. The van der Waals surface area contributed by atoms with Crippen molar-refractivity contribution in [2.24, 2.45) is 7.05 Å². The third-order valence-corrected chi connectivity index (χ3v) is 5.34. The van der Waals surface area contributed by atoms with Gasteiger partial charge < -0.3 is 9.84 Å². The first-order valence-corrected chi connectivity index (χ1v) is 9.46. The molecular weight excluding hydrogens is 391 g/mol. The Balaban J connectivity index is 2.00. The normalized spacial score (nSPS) is 13.3. The number of rotatable bonds is 5. The van der Waals surface area contributed by atoms with Crippen LogP contribution in [0, 0.1) is 5.82 Å². The van der Waals surface area contributed by atoms with Crippen LogP contribution in [0.3, 0.4) is 0 Å². The van der Waals surface area contributed by atoms with Gasteiger partial charge in [-0.1, -0.05) is 12.1 Å². The highest BCUT2D eigenvalue weighted by Gasteiger charge is 2.36. The molecule has 0 spiro atoms. The van der Waals surface area contributed by atoms with E-state index in [4.69, 9.17) is 4.74 Å². The molecule has 9 heteroatoms. The molecule has 1 aliphatic rings. The summed E-state index contributed by atoms with van der Waals surface area (Å²) in [6, 6.07) is 8.05. The van der Waals surface area contributed by atoms with Gasteiger partial charge in [0.2, 0.25) is 0 Å². The fraction of sp³-hybridized carbons (Fsp3) is 0.286. The van der Waals surface area contributed by atoms with Crippen molar-refractivity contribution >= 4 is 28.4 Å². The molecule has 0 bridgehead atoms. The van der Waals surface area contributed by atoms with E-state index in [0.717, 1.165) is 5.56 Å². The minimum atomic E-state index is -0.704. The summed E-state index contributed by atoms with van der Waals surface area (Å²) in [6.45, 7) is 1.55. The second-order valence-electron chi connectivity index (χ2n) is 6.99. The molecule has 0 aliphatic carbocycles. The average Bonchev–Trinajstić information content (AvgIpc) is 2.75. The van der Waals surface area contributed by atoms with Gasteiger partial charge >= 0.3 is 11.7 Å². The lowest BCUT2D eigenvalue weighted by Crippen LogP contribution is -2.48. The smallest absolute Gasteiger partial charge is 0.349 e. The largest absolute Gasteiger partial charge is 0.497 e. The Hall–Kier alpha value is -3.46. The molecular formula is C21H21FN4O4. The fourth-order valence-corrected chi connectivity index (χ4v) is 3.73. The summed E-state index contributed by atoms with van der Waals surface area (Å²) in [7, 11) is 3.08. The molecule has 1 N–H and O–H groups in total. The Morgan fingerprint density at radius 1 is 1.17 bits per heavy atom. The summed E-state index contributed by atoms with van der Waals surface area (Å²) >= 11 is 0. The van der Waals surface area contributed by atoms with Gasteiger partial charge in [-0.05, 0) is 30.7 Å². The number of aromatic nitrogens is 2. The summed E-state index contributed by atoms with van der Waals surface area (Å²) in [5, 5.41) is 10.0. The van der Waals surface area contributed by atoms with E-state index in [1.165, 1.54) is 27.5 Å². The van der Waals surface area contributed by atoms with Crippen molar-refractivity contribution in [3.05, 3.63) is 57.8 Å². The molecule has 2 heterocycles. The number of ether oxygens (including phenoxy) is 1. The minimum absolute atomic E-state index is 0.00197. The van der Waals surface area contributed by atoms with Crippen LogP contribution in [0.1, 0.15) is 18.1 Å². The summed E-state index contributed by atoms with van der Waals surface area (Å²) in [5.41, 5.74) is 0.621. The molecule has 8 nitrogen and oxygen atoms in total. The average molecular weight is 412 g/mol.